The Bertz CT molecular complexity index is 1240. The number of carbonyl (C=O) groups excluding carboxylic acids is 2. The van der Waals surface area contributed by atoms with Gasteiger partial charge in [-0.3, -0.25) is 9.78 Å². The molecule has 2 amide bonds. The van der Waals surface area contributed by atoms with Crippen LogP contribution in [0.15, 0.2) is 60.8 Å². The van der Waals surface area contributed by atoms with Crippen molar-refractivity contribution in [3.05, 3.63) is 94.3 Å². The molecule has 3 aromatic rings. The van der Waals surface area contributed by atoms with Gasteiger partial charge in [0.15, 0.2) is 0 Å². The normalized spacial score (nSPS) is 13.0. The van der Waals surface area contributed by atoms with Crippen LogP contribution in [0.3, 0.4) is 0 Å². The highest BCUT2D eigenvalue weighted by atomic mass is 35.5. The number of benzene rings is 2. The summed E-state index contributed by atoms with van der Waals surface area (Å²) in [6.07, 6.45) is -4.57. The molecule has 6 nitrogen and oxygen atoms in total. The van der Waals surface area contributed by atoms with Gasteiger partial charge in [0.05, 0.1) is 29.8 Å². The molecule has 2 aromatic carbocycles. The molecule has 0 aliphatic heterocycles. The number of alkyl halides is 3. The quantitative estimate of drug-likeness (QED) is 0.329. The lowest BCUT2D eigenvalue weighted by molar-refractivity contribution is -0.142. The SMILES string of the molecule is COC(=O)C[C@@](NC(=O)Nc1cccc(F)c1)(c1cc(F)cc(C(F)(F)F)c1)c1ccc(Cl)cn1. The summed E-state index contributed by atoms with van der Waals surface area (Å²) in [5.41, 5.74) is -4.08. The van der Waals surface area contributed by atoms with E-state index in [-0.39, 0.29) is 22.5 Å². The van der Waals surface area contributed by atoms with E-state index in [1.54, 1.807) is 0 Å². The standard InChI is InChI=1S/C23H17ClF5N3O3/c1-35-20(33)11-22(19-6-5-15(24)12-30-19,13-7-14(23(27,28)29)9-17(26)8-13)32-21(34)31-18-4-2-3-16(25)10-18/h2-10,12H,11H2,1H3,(H2,31,32,34)/t22-/m1/s1. The number of ether oxygens (including phenoxy) is 1. The Kier molecular flexibility index (Phi) is 7.59. The molecular weight excluding hydrogens is 497 g/mol. The second-order valence-corrected chi connectivity index (χ2v) is 7.77. The molecule has 0 aliphatic carbocycles. The number of esters is 1. The number of carbonyl (C=O) groups is 2. The second kappa shape index (κ2) is 10.3. The van der Waals surface area contributed by atoms with Gasteiger partial charge in [-0.05, 0) is 54.1 Å². The number of hydrogen-bond acceptors (Lipinski definition) is 4. The summed E-state index contributed by atoms with van der Waals surface area (Å²) in [5, 5.41) is 4.89. The molecule has 1 aromatic heterocycles. The largest absolute Gasteiger partial charge is 0.469 e. The third kappa shape index (κ3) is 6.24. The first-order chi connectivity index (χ1) is 16.4. The van der Waals surface area contributed by atoms with Crippen LogP contribution in [0, 0.1) is 11.6 Å². The molecule has 0 unspecified atom stereocenters. The fraction of sp³-hybridized carbons (Fsp3) is 0.174. The Morgan fingerprint density at radius 2 is 1.71 bits per heavy atom. The molecule has 12 heteroatoms. The summed E-state index contributed by atoms with van der Waals surface area (Å²) in [6, 6.07) is 7.92. The van der Waals surface area contributed by atoms with E-state index >= 15 is 0 Å². The van der Waals surface area contributed by atoms with Crippen molar-refractivity contribution in [1.29, 1.82) is 0 Å². The van der Waals surface area contributed by atoms with Gasteiger partial charge >= 0.3 is 18.2 Å². The summed E-state index contributed by atoms with van der Waals surface area (Å²) >= 11 is 5.88. The highest BCUT2D eigenvalue weighted by Gasteiger charge is 2.42. The Labute approximate surface area is 201 Å². The van der Waals surface area contributed by atoms with E-state index in [0.29, 0.717) is 6.07 Å². The molecule has 0 aliphatic rings. The lowest BCUT2D eigenvalue weighted by atomic mass is 9.82. The molecule has 0 bridgehead atoms. The van der Waals surface area contributed by atoms with Crippen molar-refractivity contribution in [2.24, 2.45) is 0 Å². The van der Waals surface area contributed by atoms with Crippen molar-refractivity contribution < 1.29 is 36.3 Å². The van der Waals surface area contributed by atoms with Crippen LogP contribution in [0.5, 0.6) is 0 Å². The van der Waals surface area contributed by atoms with Crippen molar-refractivity contribution in [2.75, 3.05) is 12.4 Å². The summed E-state index contributed by atoms with van der Waals surface area (Å²) < 4.78 is 73.1. The number of urea groups is 1. The van der Waals surface area contributed by atoms with Crippen LogP contribution in [0.1, 0.15) is 23.2 Å². The van der Waals surface area contributed by atoms with Gasteiger partial charge in [0.2, 0.25) is 0 Å². The number of anilines is 1. The number of halogens is 6. The number of nitrogens with zero attached hydrogens (tertiary/aromatic N) is 1. The van der Waals surface area contributed by atoms with Gasteiger partial charge in [0.25, 0.3) is 0 Å². The molecule has 0 radical (unpaired) electrons. The van der Waals surface area contributed by atoms with E-state index in [4.69, 9.17) is 11.6 Å². The number of methoxy groups -OCH3 is 1. The highest BCUT2D eigenvalue weighted by molar-refractivity contribution is 6.30. The first-order valence-corrected chi connectivity index (χ1v) is 10.2. The van der Waals surface area contributed by atoms with Crippen molar-refractivity contribution >= 4 is 29.3 Å². The van der Waals surface area contributed by atoms with Crippen molar-refractivity contribution in [2.45, 2.75) is 18.1 Å². The smallest absolute Gasteiger partial charge is 0.416 e. The number of rotatable bonds is 6. The molecule has 1 atom stereocenters. The molecule has 0 spiro atoms. The lowest BCUT2D eigenvalue weighted by Crippen LogP contribution is -2.50. The minimum absolute atomic E-state index is 0.00811. The van der Waals surface area contributed by atoms with Crippen molar-refractivity contribution in [3.8, 4) is 0 Å². The van der Waals surface area contributed by atoms with Gasteiger partial charge in [-0.1, -0.05) is 17.7 Å². The number of aromatic nitrogens is 1. The van der Waals surface area contributed by atoms with Gasteiger partial charge in [-0.25, -0.2) is 13.6 Å². The fourth-order valence-corrected chi connectivity index (χ4v) is 3.47. The average molecular weight is 514 g/mol. The molecule has 0 saturated carbocycles. The maximum atomic E-state index is 14.4. The summed E-state index contributed by atoms with van der Waals surface area (Å²) in [4.78, 5) is 29.4. The minimum atomic E-state index is -4.94. The lowest BCUT2D eigenvalue weighted by Gasteiger charge is -2.34. The Morgan fingerprint density at radius 1 is 1.00 bits per heavy atom. The highest BCUT2D eigenvalue weighted by Crippen LogP contribution is 2.38. The predicted octanol–water partition coefficient (Wildman–Crippen LogP) is 5.66. The molecule has 35 heavy (non-hydrogen) atoms. The first-order valence-electron chi connectivity index (χ1n) is 9.85. The maximum Gasteiger partial charge on any atom is 0.416 e. The monoisotopic (exact) mass is 513 g/mol. The molecule has 0 fully saturated rings. The summed E-state index contributed by atoms with van der Waals surface area (Å²) in [6.45, 7) is 0. The van der Waals surface area contributed by atoms with Gasteiger partial charge in [-0.2, -0.15) is 13.2 Å². The Hall–Kier alpha value is -3.73. The zero-order chi connectivity index (χ0) is 25.8. The molecule has 0 saturated heterocycles. The molecule has 1 heterocycles. The molecule has 2 N–H and O–H groups in total. The summed E-state index contributed by atoms with van der Waals surface area (Å²) in [5.74, 6) is -2.89. The Balaban J connectivity index is 2.20. The van der Waals surface area contributed by atoms with E-state index in [9.17, 15) is 31.5 Å². The van der Waals surface area contributed by atoms with E-state index in [0.717, 1.165) is 31.5 Å². The van der Waals surface area contributed by atoms with Gasteiger partial charge in [0, 0.05) is 11.9 Å². The average Bonchev–Trinajstić information content (AvgIpc) is 2.78. The fourth-order valence-electron chi connectivity index (χ4n) is 3.36. The van der Waals surface area contributed by atoms with Gasteiger partial charge in [-0.15, -0.1) is 0 Å². The number of nitrogens with one attached hydrogen (secondary N) is 2. The second-order valence-electron chi connectivity index (χ2n) is 7.34. The topological polar surface area (TPSA) is 80.3 Å². The third-order valence-corrected chi connectivity index (χ3v) is 5.15. The van der Waals surface area contributed by atoms with Crippen LogP contribution in [0.25, 0.3) is 0 Å². The summed E-state index contributed by atoms with van der Waals surface area (Å²) in [7, 11) is 1.03. The van der Waals surface area contributed by atoms with Crippen LogP contribution in [0.2, 0.25) is 5.02 Å². The number of pyridine rings is 1. The van der Waals surface area contributed by atoms with Gasteiger partial charge in [0.1, 0.15) is 17.2 Å². The number of hydrogen-bond donors (Lipinski definition) is 2. The number of amides is 2. The molecule has 184 valence electrons. The Morgan fingerprint density at radius 3 is 2.31 bits per heavy atom. The van der Waals surface area contributed by atoms with Crippen LogP contribution >= 0.6 is 11.6 Å². The van der Waals surface area contributed by atoms with Crippen LogP contribution < -0.4 is 10.6 Å². The van der Waals surface area contributed by atoms with E-state index in [1.165, 1.54) is 24.3 Å². The molecular formula is C23H17ClF5N3O3. The van der Waals surface area contributed by atoms with E-state index < -0.39 is 52.9 Å². The zero-order valence-corrected chi connectivity index (χ0v) is 18.7. The van der Waals surface area contributed by atoms with Gasteiger partial charge < -0.3 is 15.4 Å². The molecule has 3 rings (SSSR count). The van der Waals surface area contributed by atoms with Crippen molar-refractivity contribution in [3.63, 3.8) is 0 Å². The van der Waals surface area contributed by atoms with Crippen LogP contribution in [-0.4, -0.2) is 24.1 Å². The van der Waals surface area contributed by atoms with E-state index in [1.807, 2.05) is 0 Å². The van der Waals surface area contributed by atoms with Crippen molar-refractivity contribution in [1.82, 2.24) is 10.3 Å². The van der Waals surface area contributed by atoms with E-state index in [2.05, 4.69) is 20.4 Å². The maximum absolute atomic E-state index is 14.4. The third-order valence-electron chi connectivity index (χ3n) is 4.93. The predicted molar refractivity (Wildman–Crippen MR) is 117 cm³/mol. The van der Waals surface area contributed by atoms with Crippen LogP contribution in [-0.2, 0) is 21.2 Å². The zero-order valence-electron chi connectivity index (χ0n) is 17.9. The minimum Gasteiger partial charge on any atom is -0.469 e. The first kappa shape index (κ1) is 25.9. The van der Waals surface area contributed by atoms with Crippen LogP contribution in [0.4, 0.5) is 32.4 Å².